The minimum absolute atomic E-state index is 0.00502. The van der Waals surface area contributed by atoms with Crippen molar-refractivity contribution in [2.75, 3.05) is 33.3 Å². The Balaban J connectivity index is 1.64. The number of carbonyl (C=O) groups is 2. The average Bonchev–Trinajstić information content (AvgIpc) is 3.17. The molecule has 0 spiro atoms. The molecule has 3 aromatic rings. The van der Waals surface area contributed by atoms with E-state index in [2.05, 4.69) is 25.2 Å². The van der Waals surface area contributed by atoms with E-state index in [1.165, 1.54) is 26.9 Å². The average molecular weight is 456 g/mol. The molecule has 1 amide bonds. The van der Waals surface area contributed by atoms with Crippen LogP contribution < -0.4 is 19.5 Å². The molecule has 0 unspecified atom stereocenters. The number of fused-ring (bicyclic) bond motifs is 1. The molecular weight excluding hydrogens is 426 g/mol. The van der Waals surface area contributed by atoms with Gasteiger partial charge in [0.1, 0.15) is 5.58 Å². The molecule has 8 nitrogen and oxygen atoms in total. The highest BCUT2D eigenvalue weighted by molar-refractivity contribution is 5.94. The summed E-state index contributed by atoms with van der Waals surface area (Å²) in [6, 6.07) is 7.21. The molecule has 1 N–H and O–H groups in total. The zero-order valence-electron chi connectivity index (χ0n) is 19.7. The summed E-state index contributed by atoms with van der Waals surface area (Å²) < 4.78 is 26.6. The van der Waals surface area contributed by atoms with E-state index in [0.717, 1.165) is 22.1 Å². The number of nitrogens with one attached hydrogen (secondary N) is 1. The number of rotatable bonds is 9. The van der Waals surface area contributed by atoms with Crippen molar-refractivity contribution in [2.24, 2.45) is 0 Å². The lowest BCUT2D eigenvalue weighted by atomic mass is 9.95. The van der Waals surface area contributed by atoms with Gasteiger partial charge in [0.05, 0.1) is 34.0 Å². The smallest absolute Gasteiger partial charge is 0.310 e. The number of carbonyl (C=O) groups excluding carboxylic acids is 2. The second-order valence-electron chi connectivity index (χ2n) is 7.92. The number of esters is 1. The molecule has 8 heteroatoms. The van der Waals surface area contributed by atoms with Crippen molar-refractivity contribution < 1.29 is 33.0 Å². The Hall–Kier alpha value is -3.68. The molecule has 0 radical (unpaired) electrons. The normalized spacial score (nSPS) is 10.9. The molecule has 0 atom stereocenters. The van der Waals surface area contributed by atoms with Crippen LogP contribution in [-0.4, -0.2) is 39.8 Å². The summed E-state index contributed by atoms with van der Waals surface area (Å²) in [5, 5.41) is 3.54. The summed E-state index contributed by atoms with van der Waals surface area (Å²) >= 11 is 0. The van der Waals surface area contributed by atoms with Crippen molar-refractivity contribution in [1.29, 1.82) is 0 Å². The Morgan fingerprint density at radius 2 is 1.67 bits per heavy atom. The van der Waals surface area contributed by atoms with Crippen LogP contribution >= 0.6 is 0 Å². The fourth-order valence-corrected chi connectivity index (χ4v) is 3.71. The van der Waals surface area contributed by atoms with Gasteiger partial charge in [0.25, 0.3) is 5.91 Å². The van der Waals surface area contributed by atoms with Crippen LogP contribution in [0.2, 0.25) is 0 Å². The van der Waals surface area contributed by atoms with E-state index in [-0.39, 0.29) is 6.42 Å². The molecule has 1 aromatic heterocycles. The van der Waals surface area contributed by atoms with Crippen molar-refractivity contribution in [3.63, 3.8) is 0 Å². The largest absolute Gasteiger partial charge is 0.493 e. The molecule has 0 bridgehead atoms. The molecule has 0 saturated carbocycles. The first-order valence-corrected chi connectivity index (χ1v) is 10.5. The number of amides is 1. The van der Waals surface area contributed by atoms with Crippen LogP contribution in [0.1, 0.15) is 36.5 Å². The van der Waals surface area contributed by atoms with E-state index in [0.29, 0.717) is 28.9 Å². The van der Waals surface area contributed by atoms with Crippen LogP contribution in [-0.2, 0) is 20.7 Å². The van der Waals surface area contributed by atoms with E-state index in [9.17, 15) is 9.59 Å². The van der Waals surface area contributed by atoms with Crippen LogP contribution in [0, 0.1) is 6.92 Å². The second kappa shape index (κ2) is 10.3. The van der Waals surface area contributed by atoms with Gasteiger partial charge in [-0.1, -0.05) is 13.8 Å². The predicted octanol–water partition coefficient (Wildman–Crippen LogP) is 4.61. The zero-order valence-corrected chi connectivity index (χ0v) is 19.7. The third-order valence-corrected chi connectivity index (χ3v) is 5.31. The molecule has 1 heterocycles. The summed E-state index contributed by atoms with van der Waals surface area (Å²) in [7, 11) is 4.46. The lowest BCUT2D eigenvalue weighted by Gasteiger charge is -2.14. The van der Waals surface area contributed by atoms with Crippen molar-refractivity contribution >= 4 is 28.5 Å². The number of aryl methyl sites for hydroxylation is 1. The van der Waals surface area contributed by atoms with E-state index in [4.69, 9.17) is 23.4 Å². The Labute approximate surface area is 192 Å². The fraction of sp³-hybridized carbons (Fsp3) is 0.360. The highest BCUT2D eigenvalue weighted by Crippen LogP contribution is 2.39. The quantitative estimate of drug-likeness (QED) is 0.471. The van der Waals surface area contributed by atoms with Crippen molar-refractivity contribution in [1.82, 2.24) is 0 Å². The summed E-state index contributed by atoms with van der Waals surface area (Å²) in [5.74, 6) is 0.534. The number of methoxy groups -OCH3 is 3. The number of hydrogen-bond donors (Lipinski definition) is 1. The van der Waals surface area contributed by atoms with Crippen LogP contribution in [0.15, 0.2) is 34.9 Å². The molecule has 3 rings (SSSR count). The molecule has 0 saturated heterocycles. The number of furan rings is 1. The van der Waals surface area contributed by atoms with E-state index in [1.54, 1.807) is 18.4 Å². The molecule has 0 aliphatic carbocycles. The molecule has 176 valence electrons. The van der Waals surface area contributed by atoms with Gasteiger partial charge in [0.2, 0.25) is 5.75 Å². The topological polar surface area (TPSA) is 96.2 Å². The number of benzene rings is 2. The lowest BCUT2D eigenvalue weighted by molar-refractivity contribution is -0.146. The van der Waals surface area contributed by atoms with Gasteiger partial charge in [-0.25, -0.2) is 0 Å². The van der Waals surface area contributed by atoms with Gasteiger partial charge in [-0.05, 0) is 36.1 Å². The Morgan fingerprint density at radius 3 is 2.24 bits per heavy atom. The minimum atomic E-state index is -0.524. The van der Waals surface area contributed by atoms with Crippen LogP contribution in [0.4, 0.5) is 5.69 Å². The maximum absolute atomic E-state index is 12.4. The maximum Gasteiger partial charge on any atom is 0.310 e. The number of ether oxygens (including phenoxy) is 4. The van der Waals surface area contributed by atoms with E-state index >= 15 is 0 Å². The monoisotopic (exact) mass is 455 g/mol. The molecular formula is C25H29NO7. The minimum Gasteiger partial charge on any atom is -0.493 e. The van der Waals surface area contributed by atoms with E-state index in [1.807, 2.05) is 13.0 Å². The molecule has 0 fully saturated rings. The van der Waals surface area contributed by atoms with Crippen LogP contribution in [0.5, 0.6) is 17.2 Å². The molecule has 0 aliphatic rings. The Morgan fingerprint density at radius 1 is 1.00 bits per heavy atom. The lowest BCUT2D eigenvalue weighted by Crippen LogP contribution is -2.21. The van der Waals surface area contributed by atoms with Crippen molar-refractivity contribution in [3.8, 4) is 17.2 Å². The van der Waals surface area contributed by atoms with Gasteiger partial charge in [-0.3, -0.25) is 9.59 Å². The molecule has 0 aliphatic heterocycles. The predicted molar refractivity (Wildman–Crippen MR) is 124 cm³/mol. The standard InChI is InChI=1S/C25H29NO7/c1-14(2)18-11-19-16(12-32-20(19)7-15(18)3)8-24(28)33-13-23(27)26-17-9-21(29-4)25(31-6)22(10-17)30-5/h7,9-12,14H,8,13H2,1-6H3,(H,26,27). The van der Waals surface area contributed by atoms with Crippen molar-refractivity contribution in [3.05, 3.63) is 47.2 Å². The number of anilines is 1. The summed E-state index contributed by atoms with van der Waals surface area (Å²) in [6.07, 6.45) is 1.57. The second-order valence-corrected chi connectivity index (χ2v) is 7.92. The van der Waals surface area contributed by atoms with Crippen LogP contribution in [0.3, 0.4) is 0 Å². The SMILES string of the molecule is COc1cc(NC(=O)COC(=O)Cc2coc3cc(C)c(C(C)C)cc23)cc(OC)c1OC. The first kappa shape index (κ1) is 24.0. The van der Waals surface area contributed by atoms with Crippen LogP contribution in [0.25, 0.3) is 11.0 Å². The van der Waals surface area contributed by atoms with Gasteiger partial charge in [0.15, 0.2) is 18.1 Å². The third kappa shape index (κ3) is 5.39. The highest BCUT2D eigenvalue weighted by atomic mass is 16.5. The van der Waals surface area contributed by atoms with Gasteiger partial charge in [-0.2, -0.15) is 0 Å². The number of hydrogen-bond acceptors (Lipinski definition) is 7. The van der Waals surface area contributed by atoms with Gasteiger partial charge >= 0.3 is 5.97 Å². The van der Waals surface area contributed by atoms with Crippen molar-refractivity contribution in [2.45, 2.75) is 33.1 Å². The van der Waals surface area contributed by atoms with Gasteiger partial charge in [0, 0.05) is 28.8 Å². The fourth-order valence-electron chi connectivity index (χ4n) is 3.71. The highest BCUT2D eigenvalue weighted by Gasteiger charge is 2.17. The Kier molecular flexibility index (Phi) is 7.48. The first-order valence-electron chi connectivity index (χ1n) is 10.5. The third-order valence-electron chi connectivity index (χ3n) is 5.31. The first-order chi connectivity index (χ1) is 15.8. The summed E-state index contributed by atoms with van der Waals surface area (Å²) in [4.78, 5) is 24.7. The maximum atomic E-state index is 12.4. The van der Waals surface area contributed by atoms with Gasteiger partial charge in [-0.15, -0.1) is 0 Å². The Bertz CT molecular complexity index is 1140. The summed E-state index contributed by atoms with van der Waals surface area (Å²) in [5.41, 5.74) is 4.21. The van der Waals surface area contributed by atoms with Gasteiger partial charge < -0.3 is 28.7 Å². The zero-order chi connectivity index (χ0) is 24.1. The summed E-state index contributed by atoms with van der Waals surface area (Å²) in [6.45, 7) is 5.85. The molecule has 33 heavy (non-hydrogen) atoms. The van der Waals surface area contributed by atoms with E-state index < -0.39 is 18.5 Å². The molecule has 2 aromatic carbocycles.